The van der Waals surface area contributed by atoms with Gasteiger partial charge in [-0.05, 0) is 42.8 Å². The van der Waals surface area contributed by atoms with E-state index in [0.717, 1.165) is 14.5 Å². The molecule has 0 spiro atoms. The molecule has 2 nitrogen and oxygen atoms in total. The maximum absolute atomic E-state index is 13.6. The second-order valence-electron chi connectivity index (χ2n) is 4.04. The molecule has 0 aliphatic rings. The van der Waals surface area contributed by atoms with E-state index in [4.69, 9.17) is 4.74 Å². The van der Waals surface area contributed by atoms with Crippen LogP contribution in [0.2, 0.25) is 0 Å². The highest BCUT2D eigenvalue weighted by Crippen LogP contribution is 2.32. The highest BCUT2D eigenvalue weighted by molar-refractivity contribution is 9.10. The number of hydrogen-bond acceptors (Lipinski definition) is 2. The monoisotopic (exact) mass is 388 g/mol. The summed E-state index contributed by atoms with van der Waals surface area (Å²) in [6, 6.07) is 9.62. The fourth-order valence-corrected chi connectivity index (χ4v) is 2.62. The molecule has 0 aliphatic heterocycles. The van der Waals surface area contributed by atoms with Crippen LogP contribution < -0.4 is 4.74 Å². The third-order valence-corrected chi connectivity index (χ3v) is 3.72. The Kier molecular flexibility index (Phi) is 4.60. The molecule has 19 heavy (non-hydrogen) atoms. The maximum atomic E-state index is 13.6. The molecule has 2 rings (SSSR count). The van der Waals surface area contributed by atoms with Crippen molar-refractivity contribution in [1.82, 2.24) is 0 Å². The molecule has 0 fully saturated rings. The van der Waals surface area contributed by atoms with Gasteiger partial charge in [0.1, 0.15) is 5.75 Å². The number of halogens is 3. The SMILES string of the molecule is C[C@@H](O)c1ccc(Oc2cc(Br)ccc2F)cc1Br. The molecular formula is C14H11Br2FO2. The molecule has 2 aromatic carbocycles. The van der Waals surface area contributed by atoms with E-state index in [1.807, 2.05) is 0 Å². The van der Waals surface area contributed by atoms with Crippen molar-refractivity contribution in [3.63, 3.8) is 0 Å². The van der Waals surface area contributed by atoms with Crippen molar-refractivity contribution in [3.05, 3.63) is 56.7 Å². The maximum Gasteiger partial charge on any atom is 0.165 e. The highest BCUT2D eigenvalue weighted by Gasteiger charge is 2.10. The van der Waals surface area contributed by atoms with E-state index in [-0.39, 0.29) is 5.75 Å². The van der Waals surface area contributed by atoms with Crippen molar-refractivity contribution in [2.75, 3.05) is 0 Å². The molecule has 0 bridgehead atoms. The molecule has 0 saturated carbocycles. The number of aliphatic hydroxyl groups excluding tert-OH is 1. The average Bonchev–Trinajstić information content (AvgIpc) is 2.33. The van der Waals surface area contributed by atoms with E-state index in [1.165, 1.54) is 6.07 Å². The van der Waals surface area contributed by atoms with Gasteiger partial charge >= 0.3 is 0 Å². The second-order valence-corrected chi connectivity index (χ2v) is 5.81. The normalized spacial score (nSPS) is 12.3. The van der Waals surface area contributed by atoms with E-state index in [0.29, 0.717) is 5.75 Å². The van der Waals surface area contributed by atoms with Gasteiger partial charge < -0.3 is 9.84 Å². The summed E-state index contributed by atoms with van der Waals surface area (Å²) in [5, 5.41) is 9.53. The first-order chi connectivity index (χ1) is 8.97. The molecule has 1 atom stereocenters. The van der Waals surface area contributed by atoms with Gasteiger partial charge in [-0.3, -0.25) is 0 Å². The van der Waals surface area contributed by atoms with Gasteiger partial charge in [0.05, 0.1) is 6.10 Å². The number of benzene rings is 2. The molecule has 0 saturated heterocycles. The lowest BCUT2D eigenvalue weighted by Crippen LogP contribution is -1.94. The third-order valence-electron chi connectivity index (χ3n) is 2.54. The molecule has 0 unspecified atom stereocenters. The van der Waals surface area contributed by atoms with Crippen LogP contribution in [-0.2, 0) is 0 Å². The molecular weight excluding hydrogens is 379 g/mol. The van der Waals surface area contributed by atoms with Gasteiger partial charge in [0, 0.05) is 8.95 Å². The number of rotatable bonds is 3. The lowest BCUT2D eigenvalue weighted by atomic mass is 10.1. The topological polar surface area (TPSA) is 29.5 Å². The van der Waals surface area contributed by atoms with Crippen LogP contribution >= 0.6 is 31.9 Å². The van der Waals surface area contributed by atoms with E-state index in [2.05, 4.69) is 31.9 Å². The summed E-state index contributed by atoms with van der Waals surface area (Å²) in [5.74, 6) is 0.207. The van der Waals surface area contributed by atoms with Crippen LogP contribution in [0.25, 0.3) is 0 Å². The fraction of sp³-hybridized carbons (Fsp3) is 0.143. The minimum absolute atomic E-state index is 0.145. The van der Waals surface area contributed by atoms with Gasteiger partial charge in [0.2, 0.25) is 0 Å². The Bertz CT molecular complexity index is 600. The van der Waals surface area contributed by atoms with E-state index >= 15 is 0 Å². The Labute approximate surface area is 127 Å². The molecule has 100 valence electrons. The first-order valence-electron chi connectivity index (χ1n) is 5.58. The summed E-state index contributed by atoms with van der Waals surface area (Å²) in [4.78, 5) is 0. The molecule has 0 heterocycles. The van der Waals surface area contributed by atoms with Crippen LogP contribution in [0.1, 0.15) is 18.6 Å². The van der Waals surface area contributed by atoms with E-state index in [1.54, 1.807) is 37.3 Å². The minimum atomic E-state index is -0.578. The summed E-state index contributed by atoms with van der Waals surface area (Å²) in [6.45, 7) is 1.68. The van der Waals surface area contributed by atoms with Crippen LogP contribution in [0.3, 0.4) is 0 Å². The molecule has 0 aliphatic carbocycles. The van der Waals surface area contributed by atoms with E-state index in [9.17, 15) is 9.50 Å². The van der Waals surface area contributed by atoms with Gasteiger partial charge in [-0.15, -0.1) is 0 Å². The number of hydrogen-bond donors (Lipinski definition) is 1. The van der Waals surface area contributed by atoms with Crippen molar-refractivity contribution < 1.29 is 14.2 Å². The van der Waals surface area contributed by atoms with Gasteiger partial charge in [-0.25, -0.2) is 4.39 Å². The zero-order valence-electron chi connectivity index (χ0n) is 10.0. The summed E-state index contributed by atoms with van der Waals surface area (Å²) in [6.07, 6.45) is -0.578. The van der Waals surface area contributed by atoms with Gasteiger partial charge in [0.15, 0.2) is 11.6 Å². The summed E-state index contributed by atoms with van der Waals surface area (Å²) < 4.78 is 20.5. The smallest absolute Gasteiger partial charge is 0.165 e. The van der Waals surface area contributed by atoms with Crippen LogP contribution in [0.4, 0.5) is 4.39 Å². The van der Waals surface area contributed by atoms with Crippen LogP contribution in [0.5, 0.6) is 11.5 Å². The third kappa shape index (κ3) is 3.55. The van der Waals surface area contributed by atoms with Crippen molar-refractivity contribution in [2.45, 2.75) is 13.0 Å². The van der Waals surface area contributed by atoms with E-state index < -0.39 is 11.9 Å². The Balaban J connectivity index is 2.29. The minimum Gasteiger partial charge on any atom is -0.454 e. The quantitative estimate of drug-likeness (QED) is 0.781. The zero-order valence-corrected chi connectivity index (χ0v) is 13.2. The van der Waals surface area contributed by atoms with Crippen LogP contribution in [0, 0.1) is 5.82 Å². The van der Waals surface area contributed by atoms with Gasteiger partial charge in [-0.2, -0.15) is 0 Å². The average molecular weight is 390 g/mol. The molecule has 5 heteroatoms. The van der Waals surface area contributed by atoms with Crippen molar-refractivity contribution >= 4 is 31.9 Å². The number of ether oxygens (including phenoxy) is 1. The largest absolute Gasteiger partial charge is 0.454 e. The molecule has 2 aromatic rings. The predicted molar refractivity (Wildman–Crippen MR) is 78.9 cm³/mol. The zero-order chi connectivity index (χ0) is 14.0. The molecule has 1 N–H and O–H groups in total. The summed E-state index contributed by atoms with van der Waals surface area (Å²) in [7, 11) is 0. The second kappa shape index (κ2) is 6.03. The Morgan fingerprint density at radius 2 is 1.89 bits per heavy atom. The summed E-state index contributed by atoms with van der Waals surface area (Å²) in [5.41, 5.74) is 0.752. The molecule has 0 aromatic heterocycles. The first kappa shape index (κ1) is 14.5. The Hall–Kier alpha value is -0.910. The van der Waals surface area contributed by atoms with Gasteiger partial charge in [0.25, 0.3) is 0 Å². The van der Waals surface area contributed by atoms with Crippen molar-refractivity contribution in [3.8, 4) is 11.5 Å². The Morgan fingerprint density at radius 1 is 1.16 bits per heavy atom. The van der Waals surface area contributed by atoms with Crippen molar-refractivity contribution in [2.24, 2.45) is 0 Å². The Morgan fingerprint density at radius 3 is 2.53 bits per heavy atom. The molecule has 0 radical (unpaired) electrons. The number of aliphatic hydroxyl groups is 1. The molecule has 0 amide bonds. The van der Waals surface area contributed by atoms with Crippen LogP contribution in [-0.4, -0.2) is 5.11 Å². The van der Waals surface area contributed by atoms with Gasteiger partial charge in [-0.1, -0.05) is 37.9 Å². The summed E-state index contributed by atoms with van der Waals surface area (Å²) >= 11 is 6.62. The fourth-order valence-electron chi connectivity index (χ4n) is 1.59. The van der Waals surface area contributed by atoms with Crippen LogP contribution in [0.15, 0.2) is 45.3 Å². The first-order valence-corrected chi connectivity index (χ1v) is 7.16. The lowest BCUT2D eigenvalue weighted by Gasteiger charge is -2.11. The predicted octanol–water partition coefficient (Wildman–Crippen LogP) is 5.20. The van der Waals surface area contributed by atoms with Crippen molar-refractivity contribution in [1.29, 1.82) is 0 Å². The lowest BCUT2D eigenvalue weighted by molar-refractivity contribution is 0.198. The standard InChI is InChI=1S/C14H11Br2FO2/c1-8(18)11-4-3-10(7-12(11)16)19-14-6-9(15)2-5-13(14)17/h2-8,18H,1H3/t8-/m1/s1. The highest BCUT2D eigenvalue weighted by atomic mass is 79.9.